The van der Waals surface area contributed by atoms with Crippen molar-refractivity contribution in [1.82, 2.24) is 5.32 Å². The Morgan fingerprint density at radius 2 is 1.90 bits per heavy atom. The van der Waals surface area contributed by atoms with Crippen LogP contribution in [0.3, 0.4) is 0 Å². The van der Waals surface area contributed by atoms with Crippen LogP contribution in [-0.2, 0) is 17.8 Å². The van der Waals surface area contributed by atoms with Gasteiger partial charge in [-0.2, -0.15) is 0 Å². The Bertz CT molecular complexity index is 596. The highest BCUT2D eigenvalue weighted by Gasteiger charge is 2.05. The predicted molar refractivity (Wildman–Crippen MR) is 84.6 cm³/mol. The zero-order chi connectivity index (χ0) is 15.1. The van der Waals surface area contributed by atoms with Crippen LogP contribution in [0.5, 0.6) is 0 Å². The summed E-state index contributed by atoms with van der Waals surface area (Å²) in [6, 6.07) is 15.1. The molecule has 2 aromatic rings. The van der Waals surface area contributed by atoms with Crippen LogP contribution in [0.1, 0.15) is 21.5 Å². The van der Waals surface area contributed by atoms with E-state index in [1.165, 1.54) is 0 Å². The number of nitrogens with one attached hydrogen (secondary N) is 1. The second-order valence-electron chi connectivity index (χ2n) is 4.77. The molecular formula is C17H18ClNO2. The minimum absolute atomic E-state index is 0.0685. The average Bonchev–Trinajstić information content (AvgIpc) is 2.48. The highest BCUT2D eigenvalue weighted by atomic mass is 35.5. The molecule has 0 aliphatic rings. The van der Waals surface area contributed by atoms with Gasteiger partial charge in [-0.15, -0.1) is 0 Å². The number of methoxy groups -OCH3 is 1. The van der Waals surface area contributed by atoms with E-state index in [2.05, 4.69) is 5.32 Å². The summed E-state index contributed by atoms with van der Waals surface area (Å²) in [7, 11) is 1.65. The molecule has 0 aliphatic carbocycles. The summed E-state index contributed by atoms with van der Waals surface area (Å²) in [5.74, 6) is -0.0685. The first-order valence-electron chi connectivity index (χ1n) is 6.79. The maximum absolute atomic E-state index is 12.0. The van der Waals surface area contributed by atoms with Gasteiger partial charge in [-0.3, -0.25) is 4.79 Å². The minimum atomic E-state index is -0.0685. The van der Waals surface area contributed by atoms with Crippen LogP contribution in [0.15, 0.2) is 48.5 Å². The zero-order valence-corrected chi connectivity index (χ0v) is 12.7. The molecule has 0 unspecified atom stereocenters. The molecule has 0 spiro atoms. The van der Waals surface area contributed by atoms with E-state index < -0.39 is 0 Å². The third-order valence-corrected chi connectivity index (χ3v) is 3.35. The first-order valence-corrected chi connectivity index (χ1v) is 7.17. The van der Waals surface area contributed by atoms with Crippen molar-refractivity contribution in [3.8, 4) is 0 Å². The fourth-order valence-corrected chi connectivity index (χ4v) is 2.25. The van der Waals surface area contributed by atoms with E-state index in [9.17, 15) is 4.79 Å². The number of rotatable bonds is 6. The lowest BCUT2D eigenvalue weighted by Crippen LogP contribution is -2.25. The monoisotopic (exact) mass is 303 g/mol. The number of carbonyl (C=O) groups excluding carboxylic acids is 1. The van der Waals surface area contributed by atoms with Gasteiger partial charge in [0, 0.05) is 24.2 Å². The van der Waals surface area contributed by atoms with Gasteiger partial charge in [0.1, 0.15) is 0 Å². The van der Waals surface area contributed by atoms with Crippen LogP contribution in [0.2, 0.25) is 5.02 Å². The third-order valence-electron chi connectivity index (χ3n) is 3.12. The molecule has 4 heteroatoms. The van der Waals surface area contributed by atoms with Gasteiger partial charge >= 0.3 is 0 Å². The van der Waals surface area contributed by atoms with Crippen molar-refractivity contribution in [3.05, 3.63) is 70.2 Å². The molecule has 0 radical (unpaired) electrons. The zero-order valence-electron chi connectivity index (χ0n) is 11.9. The number of benzene rings is 2. The fourth-order valence-electron chi connectivity index (χ4n) is 2.03. The molecule has 1 amide bonds. The SMILES string of the molecule is COCc1ccc(C(=O)NCCc2cccc(Cl)c2)cc1. The van der Waals surface area contributed by atoms with Crippen molar-refractivity contribution < 1.29 is 9.53 Å². The Morgan fingerprint density at radius 1 is 1.14 bits per heavy atom. The molecule has 0 saturated carbocycles. The van der Waals surface area contributed by atoms with E-state index in [1.807, 2.05) is 48.5 Å². The quantitative estimate of drug-likeness (QED) is 0.887. The number of ether oxygens (including phenoxy) is 1. The lowest BCUT2D eigenvalue weighted by Gasteiger charge is -2.06. The average molecular weight is 304 g/mol. The largest absolute Gasteiger partial charge is 0.380 e. The normalized spacial score (nSPS) is 10.4. The summed E-state index contributed by atoms with van der Waals surface area (Å²) in [6.07, 6.45) is 0.758. The molecule has 21 heavy (non-hydrogen) atoms. The molecule has 0 atom stereocenters. The van der Waals surface area contributed by atoms with Gasteiger partial charge < -0.3 is 10.1 Å². The summed E-state index contributed by atoms with van der Waals surface area (Å²) >= 11 is 5.93. The van der Waals surface area contributed by atoms with Crippen LogP contribution in [0, 0.1) is 0 Å². The summed E-state index contributed by atoms with van der Waals surface area (Å²) in [4.78, 5) is 12.0. The molecule has 0 bridgehead atoms. The lowest BCUT2D eigenvalue weighted by molar-refractivity contribution is 0.0954. The van der Waals surface area contributed by atoms with E-state index >= 15 is 0 Å². The van der Waals surface area contributed by atoms with Gasteiger partial charge in [0.25, 0.3) is 5.91 Å². The molecule has 0 aliphatic heterocycles. The van der Waals surface area contributed by atoms with Gasteiger partial charge in [-0.25, -0.2) is 0 Å². The van der Waals surface area contributed by atoms with Crippen molar-refractivity contribution in [2.45, 2.75) is 13.0 Å². The molecule has 0 fully saturated rings. The first kappa shape index (κ1) is 15.5. The number of hydrogen-bond acceptors (Lipinski definition) is 2. The standard InChI is InChI=1S/C17H18ClNO2/c1-21-12-14-5-7-15(8-6-14)17(20)19-10-9-13-3-2-4-16(18)11-13/h2-8,11H,9-10,12H2,1H3,(H,19,20). The van der Waals surface area contributed by atoms with Crippen molar-refractivity contribution in [3.63, 3.8) is 0 Å². The Hall–Kier alpha value is -1.84. The smallest absolute Gasteiger partial charge is 0.251 e. The summed E-state index contributed by atoms with van der Waals surface area (Å²) in [5, 5.41) is 3.62. The van der Waals surface area contributed by atoms with Crippen LogP contribution in [0.4, 0.5) is 0 Å². The summed E-state index contributed by atoms with van der Waals surface area (Å²) in [6.45, 7) is 1.13. The number of hydrogen-bond donors (Lipinski definition) is 1. The molecule has 0 saturated heterocycles. The number of carbonyl (C=O) groups is 1. The number of amides is 1. The summed E-state index contributed by atoms with van der Waals surface area (Å²) < 4.78 is 5.04. The van der Waals surface area contributed by atoms with Gasteiger partial charge in [-0.1, -0.05) is 35.9 Å². The molecule has 3 nitrogen and oxygen atoms in total. The maximum Gasteiger partial charge on any atom is 0.251 e. The fraction of sp³-hybridized carbons (Fsp3) is 0.235. The Labute approximate surface area is 129 Å². The second-order valence-corrected chi connectivity index (χ2v) is 5.20. The Kier molecular flexibility index (Phi) is 5.78. The molecule has 2 aromatic carbocycles. The Morgan fingerprint density at radius 3 is 2.57 bits per heavy atom. The maximum atomic E-state index is 12.0. The van der Waals surface area contributed by atoms with E-state index in [0.29, 0.717) is 23.7 Å². The van der Waals surface area contributed by atoms with Crippen LogP contribution in [0.25, 0.3) is 0 Å². The molecule has 110 valence electrons. The molecular weight excluding hydrogens is 286 g/mol. The van der Waals surface area contributed by atoms with Crippen LogP contribution < -0.4 is 5.32 Å². The van der Waals surface area contributed by atoms with Crippen molar-refractivity contribution >= 4 is 17.5 Å². The van der Waals surface area contributed by atoms with Crippen LogP contribution >= 0.6 is 11.6 Å². The molecule has 1 N–H and O–H groups in total. The minimum Gasteiger partial charge on any atom is -0.380 e. The topological polar surface area (TPSA) is 38.3 Å². The van der Waals surface area contributed by atoms with E-state index in [0.717, 1.165) is 17.5 Å². The lowest BCUT2D eigenvalue weighted by atomic mass is 10.1. The molecule has 0 aromatic heterocycles. The van der Waals surface area contributed by atoms with Gasteiger partial charge in [0.15, 0.2) is 0 Å². The predicted octanol–water partition coefficient (Wildman–Crippen LogP) is 3.46. The molecule has 2 rings (SSSR count). The van der Waals surface area contributed by atoms with E-state index in [1.54, 1.807) is 7.11 Å². The van der Waals surface area contributed by atoms with Crippen molar-refractivity contribution in [2.24, 2.45) is 0 Å². The summed E-state index contributed by atoms with van der Waals surface area (Å²) in [5.41, 5.74) is 2.81. The van der Waals surface area contributed by atoms with Crippen molar-refractivity contribution in [1.29, 1.82) is 0 Å². The highest BCUT2D eigenvalue weighted by molar-refractivity contribution is 6.30. The number of halogens is 1. The van der Waals surface area contributed by atoms with Gasteiger partial charge in [-0.05, 0) is 41.8 Å². The van der Waals surface area contributed by atoms with Gasteiger partial charge in [0.05, 0.1) is 6.61 Å². The van der Waals surface area contributed by atoms with E-state index in [4.69, 9.17) is 16.3 Å². The molecule has 0 heterocycles. The highest BCUT2D eigenvalue weighted by Crippen LogP contribution is 2.11. The van der Waals surface area contributed by atoms with Gasteiger partial charge in [0.2, 0.25) is 0 Å². The Balaban J connectivity index is 1.84. The first-order chi connectivity index (χ1) is 10.2. The van der Waals surface area contributed by atoms with Crippen molar-refractivity contribution in [2.75, 3.05) is 13.7 Å². The second kappa shape index (κ2) is 7.81. The van der Waals surface area contributed by atoms with E-state index in [-0.39, 0.29) is 5.91 Å². The third kappa shape index (κ3) is 4.88. The van der Waals surface area contributed by atoms with Crippen LogP contribution in [-0.4, -0.2) is 19.6 Å².